The van der Waals surface area contributed by atoms with Crippen LogP contribution in [0.4, 0.5) is 10.1 Å². The second-order valence-electron chi connectivity index (χ2n) is 7.45. The molecule has 0 unspecified atom stereocenters. The van der Waals surface area contributed by atoms with E-state index in [1.54, 1.807) is 22.8 Å². The molecular formula is C23H24FN3O3. The van der Waals surface area contributed by atoms with Crippen molar-refractivity contribution >= 4 is 22.6 Å². The molecule has 1 aromatic heterocycles. The molecule has 7 heteroatoms. The number of aromatic nitrogens is 1. The van der Waals surface area contributed by atoms with Gasteiger partial charge in [0.25, 0.3) is 0 Å². The SMILES string of the molecule is CC(=O)c1ccc2c(c1)oc(=O)n2C/C=C\CN1CCN(c2ccc(F)cc2)CC1. The normalized spacial score (nSPS) is 15.3. The van der Waals surface area contributed by atoms with Gasteiger partial charge in [0, 0.05) is 50.5 Å². The summed E-state index contributed by atoms with van der Waals surface area (Å²) in [5.74, 6) is -0.707. The molecule has 1 saturated heterocycles. The van der Waals surface area contributed by atoms with E-state index in [0.29, 0.717) is 23.2 Å². The van der Waals surface area contributed by atoms with E-state index in [-0.39, 0.29) is 11.6 Å². The van der Waals surface area contributed by atoms with Crippen LogP contribution in [0.15, 0.2) is 63.8 Å². The third kappa shape index (κ3) is 4.36. The minimum atomic E-state index is -0.428. The van der Waals surface area contributed by atoms with Gasteiger partial charge in [-0.2, -0.15) is 0 Å². The molecule has 2 heterocycles. The van der Waals surface area contributed by atoms with Crippen molar-refractivity contribution < 1.29 is 13.6 Å². The van der Waals surface area contributed by atoms with Gasteiger partial charge in [-0.1, -0.05) is 12.2 Å². The molecule has 0 aliphatic carbocycles. The smallest absolute Gasteiger partial charge is 0.408 e. The number of hydrogen-bond acceptors (Lipinski definition) is 5. The summed E-state index contributed by atoms with van der Waals surface area (Å²) in [5, 5.41) is 0. The van der Waals surface area contributed by atoms with Crippen molar-refractivity contribution in [2.24, 2.45) is 0 Å². The first-order valence-corrected chi connectivity index (χ1v) is 10.0. The Morgan fingerprint density at radius 2 is 1.73 bits per heavy atom. The average molecular weight is 409 g/mol. The maximum Gasteiger partial charge on any atom is 0.420 e. The Morgan fingerprint density at radius 1 is 1.03 bits per heavy atom. The van der Waals surface area contributed by atoms with Crippen molar-refractivity contribution in [3.8, 4) is 0 Å². The summed E-state index contributed by atoms with van der Waals surface area (Å²) >= 11 is 0. The second-order valence-corrected chi connectivity index (χ2v) is 7.45. The largest absolute Gasteiger partial charge is 0.420 e. The number of oxazole rings is 1. The second kappa shape index (κ2) is 8.67. The molecule has 2 aromatic carbocycles. The molecule has 4 rings (SSSR count). The molecule has 0 amide bonds. The van der Waals surface area contributed by atoms with Crippen molar-refractivity contribution in [2.45, 2.75) is 13.5 Å². The van der Waals surface area contributed by atoms with E-state index < -0.39 is 5.76 Å². The summed E-state index contributed by atoms with van der Waals surface area (Å²) in [5.41, 5.74) is 2.69. The number of Topliss-reactive ketones (excluding diaryl/α,β-unsaturated/α-hetero) is 1. The molecule has 0 saturated carbocycles. The number of carbonyl (C=O) groups excluding carboxylic acids is 1. The zero-order valence-corrected chi connectivity index (χ0v) is 16.9. The first-order chi connectivity index (χ1) is 14.5. The lowest BCUT2D eigenvalue weighted by atomic mass is 10.1. The minimum Gasteiger partial charge on any atom is -0.408 e. The van der Waals surface area contributed by atoms with Gasteiger partial charge in [0.1, 0.15) is 5.82 Å². The van der Waals surface area contributed by atoms with Crippen LogP contribution in [0.1, 0.15) is 17.3 Å². The van der Waals surface area contributed by atoms with Gasteiger partial charge in [0.2, 0.25) is 0 Å². The Morgan fingerprint density at radius 3 is 2.43 bits per heavy atom. The quantitative estimate of drug-likeness (QED) is 0.462. The highest BCUT2D eigenvalue weighted by molar-refractivity contribution is 5.96. The van der Waals surface area contributed by atoms with Crippen LogP contribution in [-0.4, -0.2) is 48.0 Å². The summed E-state index contributed by atoms with van der Waals surface area (Å²) in [4.78, 5) is 28.2. The average Bonchev–Trinajstić information content (AvgIpc) is 3.06. The number of ketones is 1. The van der Waals surface area contributed by atoms with Gasteiger partial charge in [0.15, 0.2) is 11.4 Å². The standard InChI is InChI=1S/C23H24FN3O3/c1-17(28)18-4-9-21-22(16-18)30-23(29)27(21)11-3-2-10-25-12-14-26(15-13-25)20-7-5-19(24)6-8-20/h2-9,16H,10-15H2,1H3/b3-2-. The van der Waals surface area contributed by atoms with Crippen molar-refractivity contribution in [1.82, 2.24) is 9.47 Å². The van der Waals surface area contributed by atoms with Crippen molar-refractivity contribution in [3.05, 3.63) is 76.5 Å². The highest BCUT2D eigenvalue weighted by atomic mass is 19.1. The minimum absolute atomic E-state index is 0.0632. The number of piperazine rings is 1. The van der Waals surface area contributed by atoms with Crippen LogP contribution in [0.25, 0.3) is 11.1 Å². The lowest BCUT2D eigenvalue weighted by Gasteiger charge is -2.35. The number of fused-ring (bicyclic) bond motifs is 1. The van der Waals surface area contributed by atoms with Gasteiger partial charge in [-0.3, -0.25) is 14.3 Å². The predicted molar refractivity (Wildman–Crippen MR) is 115 cm³/mol. The van der Waals surface area contributed by atoms with E-state index in [1.165, 1.54) is 19.1 Å². The van der Waals surface area contributed by atoms with E-state index in [0.717, 1.165) is 38.4 Å². The van der Waals surface area contributed by atoms with Crippen LogP contribution in [0, 0.1) is 5.82 Å². The number of carbonyl (C=O) groups is 1. The third-order valence-electron chi connectivity index (χ3n) is 5.46. The van der Waals surface area contributed by atoms with E-state index in [4.69, 9.17) is 4.42 Å². The predicted octanol–water partition coefficient (Wildman–Crippen LogP) is 3.31. The Bertz CT molecular complexity index is 1120. The maximum absolute atomic E-state index is 13.1. The number of rotatable bonds is 6. The molecule has 1 fully saturated rings. The topological polar surface area (TPSA) is 58.7 Å². The van der Waals surface area contributed by atoms with Gasteiger partial charge >= 0.3 is 5.76 Å². The molecule has 0 bridgehead atoms. The number of halogens is 1. The van der Waals surface area contributed by atoms with Crippen LogP contribution < -0.4 is 10.7 Å². The molecule has 156 valence electrons. The van der Waals surface area contributed by atoms with Crippen molar-refractivity contribution in [3.63, 3.8) is 0 Å². The number of nitrogens with zero attached hydrogens (tertiary/aromatic N) is 3. The lowest BCUT2D eigenvalue weighted by molar-refractivity contribution is 0.101. The monoisotopic (exact) mass is 409 g/mol. The Balaban J connectivity index is 1.32. The van der Waals surface area contributed by atoms with Gasteiger partial charge in [-0.05, 0) is 49.4 Å². The Hall–Kier alpha value is -3.19. The number of anilines is 1. The van der Waals surface area contributed by atoms with Gasteiger partial charge in [-0.25, -0.2) is 9.18 Å². The summed E-state index contributed by atoms with van der Waals surface area (Å²) in [6.07, 6.45) is 4.02. The summed E-state index contributed by atoms with van der Waals surface area (Å²) in [6.45, 7) is 6.33. The maximum atomic E-state index is 13.1. The van der Waals surface area contributed by atoms with Crippen LogP contribution >= 0.6 is 0 Å². The van der Waals surface area contributed by atoms with Crippen molar-refractivity contribution in [1.29, 1.82) is 0 Å². The van der Waals surface area contributed by atoms with Crippen LogP contribution in [-0.2, 0) is 6.54 Å². The first-order valence-electron chi connectivity index (χ1n) is 10.0. The molecule has 6 nitrogen and oxygen atoms in total. The fourth-order valence-electron chi connectivity index (χ4n) is 3.70. The van der Waals surface area contributed by atoms with Crippen LogP contribution in [0.3, 0.4) is 0 Å². The number of benzene rings is 2. The molecule has 1 aliphatic rings. The number of allylic oxidation sites excluding steroid dienone is 1. The van der Waals surface area contributed by atoms with E-state index in [1.807, 2.05) is 18.2 Å². The molecule has 0 atom stereocenters. The van der Waals surface area contributed by atoms with Gasteiger partial charge in [0.05, 0.1) is 5.52 Å². The molecule has 0 radical (unpaired) electrons. The molecular weight excluding hydrogens is 385 g/mol. The fourth-order valence-corrected chi connectivity index (χ4v) is 3.70. The fraction of sp³-hybridized carbons (Fsp3) is 0.304. The first kappa shape index (κ1) is 20.1. The molecule has 1 aliphatic heterocycles. The molecule has 0 N–H and O–H groups in total. The van der Waals surface area contributed by atoms with Crippen LogP contribution in [0.5, 0.6) is 0 Å². The van der Waals surface area contributed by atoms with E-state index >= 15 is 0 Å². The van der Waals surface area contributed by atoms with Gasteiger partial charge < -0.3 is 9.32 Å². The lowest BCUT2D eigenvalue weighted by Crippen LogP contribution is -2.46. The van der Waals surface area contributed by atoms with Gasteiger partial charge in [-0.15, -0.1) is 0 Å². The zero-order chi connectivity index (χ0) is 21.1. The zero-order valence-electron chi connectivity index (χ0n) is 16.9. The molecule has 30 heavy (non-hydrogen) atoms. The highest BCUT2D eigenvalue weighted by Gasteiger charge is 2.16. The molecule has 0 spiro atoms. The third-order valence-corrected chi connectivity index (χ3v) is 5.46. The summed E-state index contributed by atoms with van der Waals surface area (Å²) in [7, 11) is 0. The summed E-state index contributed by atoms with van der Waals surface area (Å²) in [6, 6.07) is 11.7. The molecule has 3 aromatic rings. The number of hydrogen-bond donors (Lipinski definition) is 0. The van der Waals surface area contributed by atoms with Crippen LogP contribution in [0.2, 0.25) is 0 Å². The Kier molecular flexibility index (Phi) is 5.81. The summed E-state index contributed by atoms with van der Waals surface area (Å²) < 4.78 is 19.9. The Labute approximate surface area is 173 Å². The van der Waals surface area contributed by atoms with Crippen molar-refractivity contribution in [2.75, 3.05) is 37.6 Å². The van der Waals surface area contributed by atoms with E-state index in [9.17, 15) is 14.0 Å². The highest BCUT2D eigenvalue weighted by Crippen LogP contribution is 2.17. The van der Waals surface area contributed by atoms with E-state index in [2.05, 4.69) is 15.9 Å².